The van der Waals surface area contributed by atoms with E-state index in [0.717, 1.165) is 59.0 Å². The van der Waals surface area contributed by atoms with Crippen LogP contribution in [0.1, 0.15) is 44.7 Å². The van der Waals surface area contributed by atoms with E-state index in [1.54, 1.807) is 0 Å². The number of carbonyl (C=O) groups is 1. The maximum Gasteiger partial charge on any atom is 0.226 e. The number of allylic oxidation sites excluding steroid dienone is 3. The van der Waals surface area contributed by atoms with Crippen LogP contribution >= 0.6 is 0 Å². The number of nitrogens with zero attached hydrogens (tertiary/aromatic N) is 2. The molecule has 1 aromatic heterocycles. The first-order valence-corrected chi connectivity index (χ1v) is 14.2. The first-order chi connectivity index (χ1) is 19.1. The van der Waals surface area contributed by atoms with Gasteiger partial charge < -0.3 is 25.0 Å². The van der Waals surface area contributed by atoms with Gasteiger partial charge in [-0.25, -0.2) is 0 Å². The molecule has 4 rings (SSSR count). The van der Waals surface area contributed by atoms with E-state index in [1.165, 1.54) is 32.4 Å². The van der Waals surface area contributed by atoms with Crippen LogP contribution < -0.4 is 15.4 Å². The van der Waals surface area contributed by atoms with Gasteiger partial charge in [-0.1, -0.05) is 30.7 Å². The van der Waals surface area contributed by atoms with Crippen LogP contribution in [0.5, 0.6) is 5.75 Å². The fourth-order valence-corrected chi connectivity index (χ4v) is 4.85. The van der Waals surface area contributed by atoms with Crippen molar-refractivity contribution in [3.63, 3.8) is 0 Å². The molecule has 1 fully saturated rings. The molecule has 0 spiro atoms. The smallest absolute Gasteiger partial charge is 0.226 e. The zero-order valence-electron chi connectivity index (χ0n) is 23.4. The van der Waals surface area contributed by atoms with Crippen molar-refractivity contribution in [2.45, 2.75) is 45.4 Å². The van der Waals surface area contributed by atoms with E-state index in [1.807, 2.05) is 62.6 Å². The summed E-state index contributed by atoms with van der Waals surface area (Å²) in [5, 5.41) is 6.28. The topological polar surface area (TPSA) is 75.7 Å². The summed E-state index contributed by atoms with van der Waals surface area (Å²) in [5.41, 5.74) is 4.94. The Kier molecular flexibility index (Phi) is 11.0. The van der Waals surface area contributed by atoms with E-state index < -0.39 is 0 Å². The van der Waals surface area contributed by atoms with Gasteiger partial charge in [0.05, 0.1) is 19.6 Å². The number of likely N-dealkylation sites (tertiary alicyclic amines) is 1. The first kappa shape index (κ1) is 28.4. The van der Waals surface area contributed by atoms with Gasteiger partial charge in [-0.15, -0.1) is 0 Å². The van der Waals surface area contributed by atoms with Crippen molar-refractivity contribution < 1.29 is 14.3 Å². The maximum absolute atomic E-state index is 12.7. The number of aromatic nitrogens is 1. The molecule has 39 heavy (non-hydrogen) atoms. The molecule has 0 bridgehead atoms. The summed E-state index contributed by atoms with van der Waals surface area (Å²) in [5.74, 6) is 1.64. The predicted molar refractivity (Wildman–Crippen MR) is 156 cm³/mol. The highest BCUT2D eigenvalue weighted by molar-refractivity contribution is 5.78. The van der Waals surface area contributed by atoms with Gasteiger partial charge in [-0.3, -0.25) is 9.78 Å². The second-order valence-corrected chi connectivity index (χ2v) is 10.0. The van der Waals surface area contributed by atoms with Crippen LogP contribution in [0.3, 0.4) is 0 Å². The minimum atomic E-state index is -0.0488. The Labute approximate surface area is 233 Å². The lowest BCUT2D eigenvalue weighted by atomic mass is 10.1. The Bertz CT molecular complexity index is 1150. The van der Waals surface area contributed by atoms with Crippen molar-refractivity contribution >= 4 is 5.91 Å². The average molecular weight is 531 g/mol. The minimum absolute atomic E-state index is 0.0488. The molecule has 2 aliphatic rings. The number of nitrogens with one attached hydrogen (secondary N) is 2. The molecule has 1 aliphatic carbocycles. The Morgan fingerprint density at radius 2 is 1.79 bits per heavy atom. The summed E-state index contributed by atoms with van der Waals surface area (Å²) >= 11 is 0. The van der Waals surface area contributed by atoms with Gasteiger partial charge >= 0.3 is 0 Å². The van der Waals surface area contributed by atoms with Gasteiger partial charge in [0.1, 0.15) is 11.5 Å². The molecule has 0 unspecified atom stereocenters. The van der Waals surface area contributed by atoms with E-state index in [2.05, 4.69) is 32.7 Å². The Balaban J connectivity index is 1.25. The molecule has 1 amide bonds. The van der Waals surface area contributed by atoms with Crippen molar-refractivity contribution in [2.75, 3.05) is 46.4 Å². The van der Waals surface area contributed by atoms with E-state index in [4.69, 9.17) is 9.47 Å². The lowest BCUT2D eigenvalue weighted by molar-refractivity contribution is -0.120. The number of likely N-dealkylation sites (N-methyl/N-ethyl adjacent to an activating group) is 1. The molecule has 0 saturated carbocycles. The fourth-order valence-electron chi connectivity index (χ4n) is 4.85. The van der Waals surface area contributed by atoms with E-state index in [0.29, 0.717) is 19.8 Å². The number of piperidine rings is 1. The van der Waals surface area contributed by atoms with Crippen LogP contribution in [0.2, 0.25) is 0 Å². The van der Waals surface area contributed by atoms with E-state index in [9.17, 15) is 4.79 Å². The zero-order valence-corrected chi connectivity index (χ0v) is 23.4. The molecule has 0 atom stereocenters. The number of hydrogen-bond acceptors (Lipinski definition) is 6. The van der Waals surface area contributed by atoms with Gasteiger partial charge in [0.25, 0.3) is 0 Å². The molecule has 7 heteroatoms. The van der Waals surface area contributed by atoms with Gasteiger partial charge in [0.15, 0.2) is 0 Å². The molecule has 2 heterocycles. The van der Waals surface area contributed by atoms with Crippen molar-refractivity contribution in [3.05, 3.63) is 83.5 Å². The molecule has 1 aliphatic heterocycles. The van der Waals surface area contributed by atoms with Crippen LogP contribution in [0.15, 0.2) is 77.9 Å². The summed E-state index contributed by atoms with van der Waals surface area (Å²) in [6, 6.07) is 11.9. The van der Waals surface area contributed by atoms with Crippen LogP contribution in [0.25, 0.3) is 11.1 Å². The number of hydrogen-bond donors (Lipinski definition) is 2. The summed E-state index contributed by atoms with van der Waals surface area (Å²) < 4.78 is 11.6. The quantitative estimate of drug-likeness (QED) is 0.355. The standard InChI is InChI=1S/C32H42N4O3/c1-3-38-30-14-10-26(11-15-30)27-9-13-29(34-24-27)22-32(37)35-23-25-8-12-28(33-2)21-31(20-25)39-19-7-18-36-16-5-4-6-17-36/h9-15,20-21,24,33H,3-8,16-19,22-23H2,1-2H3,(H,35,37). The lowest BCUT2D eigenvalue weighted by Crippen LogP contribution is -2.31. The average Bonchev–Trinajstić information content (AvgIpc) is 3.18. The number of rotatable bonds is 13. The molecular formula is C32H42N4O3. The molecule has 0 radical (unpaired) electrons. The second-order valence-electron chi connectivity index (χ2n) is 10.0. The largest absolute Gasteiger partial charge is 0.494 e. The third-order valence-electron chi connectivity index (χ3n) is 7.03. The first-order valence-electron chi connectivity index (χ1n) is 14.2. The molecule has 1 aromatic carbocycles. The highest BCUT2D eigenvalue weighted by atomic mass is 16.5. The Morgan fingerprint density at radius 1 is 1.00 bits per heavy atom. The molecule has 7 nitrogen and oxygen atoms in total. The maximum atomic E-state index is 12.7. The highest BCUT2D eigenvalue weighted by Crippen LogP contribution is 2.22. The van der Waals surface area contributed by atoms with Crippen molar-refractivity contribution in [3.8, 4) is 16.9 Å². The summed E-state index contributed by atoms with van der Waals surface area (Å²) in [6.45, 7) is 7.29. The number of carbonyl (C=O) groups excluding carboxylic acids is 1. The summed E-state index contributed by atoms with van der Waals surface area (Å²) in [6.07, 6.45) is 14.0. The minimum Gasteiger partial charge on any atom is -0.494 e. The van der Waals surface area contributed by atoms with Gasteiger partial charge in [-0.2, -0.15) is 0 Å². The number of benzene rings is 1. The van der Waals surface area contributed by atoms with Crippen LogP contribution in [0.4, 0.5) is 0 Å². The third-order valence-corrected chi connectivity index (χ3v) is 7.03. The van der Waals surface area contributed by atoms with Gasteiger partial charge in [0.2, 0.25) is 5.91 Å². The van der Waals surface area contributed by atoms with Crippen molar-refractivity contribution in [1.29, 1.82) is 0 Å². The lowest BCUT2D eigenvalue weighted by Gasteiger charge is -2.26. The van der Waals surface area contributed by atoms with Gasteiger partial charge in [0, 0.05) is 49.4 Å². The van der Waals surface area contributed by atoms with Crippen LogP contribution in [-0.2, 0) is 16.0 Å². The molecule has 2 N–H and O–H groups in total. The van der Waals surface area contributed by atoms with Crippen LogP contribution in [-0.4, -0.2) is 62.2 Å². The number of ether oxygens (including phenoxy) is 2. The normalized spacial score (nSPS) is 15.9. The second kappa shape index (κ2) is 15.1. The summed E-state index contributed by atoms with van der Waals surface area (Å²) in [7, 11) is 1.91. The number of pyridine rings is 1. The SMILES string of the molecule is CCOc1ccc(-c2ccc(CC(=O)NCC3=CC(OCCCN4CCCCC4)=CC(NC)=CC3)nc2)cc1. The predicted octanol–water partition coefficient (Wildman–Crippen LogP) is 5.02. The number of amides is 1. The van der Waals surface area contributed by atoms with Crippen LogP contribution in [0, 0.1) is 0 Å². The third kappa shape index (κ3) is 9.29. The fraction of sp³-hybridized carbons (Fsp3) is 0.438. The molecular weight excluding hydrogens is 488 g/mol. The van der Waals surface area contributed by atoms with E-state index in [-0.39, 0.29) is 12.3 Å². The monoisotopic (exact) mass is 530 g/mol. The summed E-state index contributed by atoms with van der Waals surface area (Å²) in [4.78, 5) is 19.7. The van der Waals surface area contributed by atoms with Gasteiger partial charge in [-0.05, 0) is 81.1 Å². The molecule has 2 aromatic rings. The highest BCUT2D eigenvalue weighted by Gasteiger charge is 2.12. The van der Waals surface area contributed by atoms with Crippen molar-refractivity contribution in [1.82, 2.24) is 20.5 Å². The molecule has 1 saturated heterocycles. The zero-order chi connectivity index (χ0) is 27.3. The Hall–Kier alpha value is -3.58. The Morgan fingerprint density at radius 3 is 2.51 bits per heavy atom. The van der Waals surface area contributed by atoms with E-state index >= 15 is 0 Å². The van der Waals surface area contributed by atoms with Crippen molar-refractivity contribution in [2.24, 2.45) is 0 Å². The molecule has 208 valence electrons.